The Bertz CT molecular complexity index is 2130. The quantitative estimate of drug-likeness (QED) is 0.0706. The number of hydrogen-bond acceptors (Lipinski definition) is 12. The number of nitrogens with two attached hydrogens (primary N) is 1. The number of methoxy groups -OCH3 is 4. The lowest BCUT2D eigenvalue weighted by Gasteiger charge is -2.12. The second kappa shape index (κ2) is 17.6. The van der Waals surface area contributed by atoms with Crippen molar-refractivity contribution in [1.29, 1.82) is 0 Å². The molecule has 0 saturated heterocycles. The number of nitro benzene ring substituents is 1. The highest BCUT2D eigenvalue weighted by atomic mass is 35.5. The number of ether oxygens (including phenoxy) is 4. The molecule has 0 bridgehead atoms. The molecule has 0 fully saturated rings. The van der Waals surface area contributed by atoms with Gasteiger partial charge in [-0.15, -0.1) is 12.4 Å². The van der Waals surface area contributed by atoms with E-state index >= 15 is 0 Å². The van der Waals surface area contributed by atoms with Crippen LogP contribution >= 0.6 is 24.0 Å². The van der Waals surface area contributed by atoms with Gasteiger partial charge in [0.1, 0.15) is 29.4 Å². The van der Waals surface area contributed by atoms with Crippen molar-refractivity contribution in [3.8, 4) is 23.0 Å². The van der Waals surface area contributed by atoms with E-state index in [0.29, 0.717) is 50.6 Å². The molecule has 0 unspecified atom stereocenters. The summed E-state index contributed by atoms with van der Waals surface area (Å²) in [6.07, 6.45) is 2.83. The summed E-state index contributed by atoms with van der Waals surface area (Å²) in [5.74, 6) is 1.77. The number of nitrogen functional groups attached to an aromatic ring is 1. The Morgan fingerprint density at radius 1 is 0.740 bits per heavy atom. The molecule has 13 nitrogen and oxygen atoms in total. The van der Waals surface area contributed by atoms with Gasteiger partial charge in [0.25, 0.3) is 5.69 Å². The second-order valence-corrected chi connectivity index (χ2v) is 10.3. The van der Waals surface area contributed by atoms with Crippen molar-refractivity contribution in [1.82, 2.24) is 19.9 Å². The number of anilines is 3. The molecule has 6 aromatic rings. The molecule has 0 aliphatic carbocycles. The third kappa shape index (κ3) is 9.21. The average molecular weight is 731 g/mol. The number of non-ortho nitro benzene ring substituents is 1. The van der Waals surface area contributed by atoms with Crippen LogP contribution in [0.2, 0.25) is 5.15 Å². The molecule has 4 aromatic carbocycles. The standard InChI is InChI=1S/C17H16FN3O2.C10H9ClN2O2.C6H5FN2O2.ClH/c1-10-4-5-13(12(18)6-10)21-17-11-7-15(22-2)16(23-3)8-14(11)19-9-20-17;1-14-8-3-6-7(4-9(8)15-2)12-5-13-10(6)11;7-5-3-4(9(10)11)1-2-6(5)8;/h4-9H,1-3H3,(H,19,20,21);3-5H,1-2H3;1-3H,8H2;1H. The lowest BCUT2D eigenvalue weighted by molar-refractivity contribution is -0.385. The number of nitrogens with zero attached hydrogens (tertiary/aromatic N) is 5. The normalized spacial score (nSPS) is 10.1. The van der Waals surface area contributed by atoms with Gasteiger partial charge in [-0.2, -0.15) is 0 Å². The van der Waals surface area contributed by atoms with Crippen LogP contribution < -0.4 is 30.0 Å². The summed E-state index contributed by atoms with van der Waals surface area (Å²) >= 11 is 5.93. The van der Waals surface area contributed by atoms with Crippen molar-refractivity contribution < 1.29 is 32.7 Å². The third-order valence-electron chi connectivity index (χ3n) is 6.81. The number of fused-ring (bicyclic) bond motifs is 2. The number of nitro groups is 1. The smallest absolute Gasteiger partial charge is 0.272 e. The van der Waals surface area contributed by atoms with Gasteiger partial charge in [0.2, 0.25) is 0 Å². The van der Waals surface area contributed by atoms with Gasteiger partial charge in [-0.1, -0.05) is 17.7 Å². The topological polar surface area (TPSA) is 170 Å². The Hall–Kier alpha value is -5.80. The Balaban J connectivity index is 0.000000216. The van der Waals surface area contributed by atoms with Crippen molar-refractivity contribution in [2.45, 2.75) is 6.92 Å². The Kier molecular flexibility index (Phi) is 13.6. The molecule has 0 saturated carbocycles. The van der Waals surface area contributed by atoms with Crippen LogP contribution in [-0.2, 0) is 0 Å². The van der Waals surface area contributed by atoms with Crippen molar-refractivity contribution >= 4 is 68.7 Å². The summed E-state index contributed by atoms with van der Waals surface area (Å²) in [6, 6.07) is 15.1. The number of nitrogens with one attached hydrogen (secondary N) is 1. The van der Waals surface area contributed by atoms with E-state index in [1.807, 2.05) is 13.0 Å². The van der Waals surface area contributed by atoms with Crippen molar-refractivity contribution in [3.05, 3.63) is 106 Å². The number of benzene rings is 4. The number of aromatic nitrogens is 4. The molecule has 0 atom stereocenters. The molecule has 3 N–H and O–H groups in total. The van der Waals surface area contributed by atoms with E-state index in [4.69, 9.17) is 36.3 Å². The molecule has 262 valence electrons. The summed E-state index contributed by atoms with van der Waals surface area (Å²) in [5.41, 5.74) is 7.32. The summed E-state index contributed by atoms with van der Waals surface area (Å²) in [7, 11) is 6.26. The van der Waals surface area contributed by atoms with Gasteiger partial charge in [-0.25, -0.2) is 28.7 Å². The Labute approximate surface area is 295 Å². The van der Waals surface area contributed by atoms with Gasteiger partial charge in [0.15, 0.2) is 28.8 Å². The van der Waals surface area contributed by atoms with Crippen LogP contribution in [0.3, 0.4) is 0 Å². The molecular weight excluding hydrogens is 699 g/mol. The third-order valence-corrected chi connectivity index (χ3v) is 7.11. The molecule has 2 aromatic heterocycles. The van der Waals surface area contributed by atoms with Crippen molar-refractivity contribution in [3.63, 3.8) is 0 Å². The SMILES string of the molecule is COc1cc2ncnc(Cl)c2cc1OC.COc1cc2ncnc(Nc3ccc(C)cc3F)c2cc1OC.Cl.Nc1ccc([N+](=O)[O-])cc1F. The zero-order valence-corrected chi connectivity index (χ0v) is 28.8. The van der Waals surface area contributed by atoms with Gasteiger partial charge < -0.3 is 30.0 Å². The van der Waals surface area contributed by atoms with E-state index in [0.717, 1.165) is 34.7 Å². The van der Waals surface area contributed by atoms with Crippen LogP contribution in [0.1, 0.15) is 5.56 Å². The minimum Gasteiger partial charge on any atom is -0.493 e. The molecule has 0 aliphatic heterocycles. The first kappa shape index (κ1) is 38.6. The predicted octanol–water partition coefficient (Wildman–Crippen LogP) is 7.88. The zero-order chi connectivity index (χ0) is 35.7. The van der Waals surface area contributed by atoms with Crippen LogP contribution in [-0.4, -0.2) is 53.3 Å². The molecule has 50 heavy (non-hydrogen) atoms. The van der Waals surface area contributed by atoms with E-state index in [-0.39, 0.29) is 29.6 Å². The first-order valence-electron chi connectivity index (χ1n) is 14.1. The van der Waals surface area contributed by atoms with Gasteiger partial charge in [-0.05, 0) is 42.8 Å². The molecule has 17 heteroatoms. The van der Waals surface area contributed by atoms with Crippen LogP contribution in [0.15, 0.2) is 73.3 Å². The molecule has 6 rings (SSSR count). The number of aryl methyl sites for hydroxylation is 1. The molecule has 2 heterocycles. The van der Waals surface area contributed by atoms with Crippen LogP contribution in [0.5, 0.6) is 23.0 Å². The fourth-order valence-corrected chi connectivity index (χ4v) is 4.51. The molecule has 0 radical (unpaired) electrons. The Morgan fingerprint density at radius 3 is 1.82 bits per heavy atom. The summed E-state index contributed by atoms with van der Waals surface area (Å²) in [6.45, 7) is 1.84. The minimum atomic E-state index is -0.765. The van der Waals surface area contributed by atoms with E-state index in [9.17, 15) is 18.9 Å². The monoisotopic (exact) mass is 729 g/mol. The van der Waals surface area contributed by atoms with E-state index in [2.05, 4.69) is 25.3 Å². The summed E-state index contributed by atoms with van der Waals surface area (Å²) < 4.78 is 47.5. The lowest BCUT2D eigenvalue weighted by Crippen LogP contribution is -1.99. The fourth-order valence-electron chi connectivity index (χ4n) is 4.31. The first-order chi connectivity index (χ1) is 23.5. The molecule has 0 aliphatic rings. The minimum absolute atomic E-state index is 0. The maximum Gasteiger partial charge on any atom is 0.272 e. The first-order valence-corrected chi connectivity index (χ1v) is 14.5. The van der Waals surface area contributed by atoms with Gasteiger partial charge in [-0.3, -0.25) is 10.1 Å². The number of rotatable bonds is 7. The van der Waals surface area contributed by atoms with Crippen LogP contribution in [0.25, 0.3) is 21.8 Å². The summed E-state index contributed by atoms with van der Waals surface area (Å²) in [4.78, 5) is 25.8. The molecule has 0 spiro atoms. The Morgan fingerprint density at radius 2 is 1.28 bits per heavy atom. The highest BCUT2D eigenvalue weighted by Crippen LogP contribution is 2.35. The lowest BCUT2D eigenvalue weighted by atomic mass is 10.2. The van der Waals surface area contributed by atoms with Gasteiger partial charge in [0.05, 0.1) is 61.8 Å². The number of halogens is 4. The fraction of sp³-hybridized carbons (Fsp3) is 0.152. The van der Waals surface area contributed by atoms with E-state index in [1.165, 1.54) is 18.7 Å². The highest BCUT2D eigenvalue weighted by molar-refractivity contribution is 6.34. The predicted molar refractivity (Wildman–Crippen MR) is 189 cm³/mol. The summed E-state index contributed by atoms with van der Waals surface area (Å²) in [5, 5.41) is 14.9. The average Bonchev–Trinajstić information content (AvgIpc) is 3.10. The van der Waals surface area contributed by atoms with Gasteiger partial charge >= 0.3 is 0 Å². The number of hydrogen-bond donors (Lipinski definition) is 2. The van der Waals surface area contributed by atoms with Crippen LogP contribution in [0, 0.1) is 28.7 Å². The second-order valence-electron chi connectivity index (χ2n) is 9.91. The van der Waals surface area contributed by atoms with Crippen LogP contribution in [0.4, 0.5) is 31.7 Å². The zero-order valence-electron chi connectivity index (χ0n) is 27.2. The maximum atomic E-state index is 14.0. The molecule has 0 amide bonds. The molecular formula is C33H31Cl2F2N7O6. The van der Waals surface area contributed by atoms with E-state index in [1.54, 1.807) is 58.8 Å². The van der Waals surface area contributed by atoms with Crippen molar-refractivity contribution in [2.24, 2.45) is 0 Å². The van der Waals surface area contributed by atoms with Crippen molar-refractivity contribution in [2.75, 3.05) is 39.5 Å². The van der Waals surface area contributed by atoms with E-state index < -0.39 is 10.7 Å². The van der Waals surface area contributed by atoms with Gasteiger partial charge in [0, 0.05) is 29.0 Å². The highest BCUT2D eigenvalue weighted by Gasteiger charge is 2.13. The largest absolute Gasteiger partial charge is 0.493 e. The maximum absolute atomic E-state index is 14.0.